The van der Waals surface area contributed by atoms with Crippen molar-refractivity contribution in [3.63, 3.8) is 0 Å². The Kier molecular flexibility index (Phi) is 5.69. The van der Waals surface area contributed by atoms with Gasteiger partial charge in [0.05, 0.1) is 17.9 Å². The molecule has 0 aliphatic carbocycles. The zero-order valence-electron chi connectivity index (χ0n) is 12.6. The van der Waals surface area contributed by atoms with Crippen LogP contribution < -0.4 is 10.2 Å². The highest BCUT2D eigenvalue weighted by molar-refractivity contribution is 5.46. The van der Waals surface area contributed by atoms with Crippen molar-refractivity contribution >= 4 is 5.69 Å². The number of para-hydroxylation sites is 1. The van der Waals surface area contributed by atoms with E-state index in [2.05, 4.69) is 23.3 Å². The van der Waals surface area contributed by atoms with E-state index in [1.165, 1.54) is 11.6 Å². The van der Waals surface area contributed by atoms with Crippen molar-refractivity contribution in [2.75, 3.05) is 18.5 Å². The summed E-state index contributed by atoms with van der Waals surface area (Å²) in [6.45, 7) is 4.58. The number of rotatable bonds is 7. The minimum atomic E-state index is -0.208. The van der Waals surface area contributed by atoms with Gasteiger partial charge in [0.2, 0.25) is 0 Å². The van der Waals surface area contributed by atoms with E-state index in [0.717, 1.165) is 25.2 Å². The van der Waals surface area contributed by atoms with Crippen molar-refractivity contribution in [1.82, 2.24) is 10.3 Å². The van der Waals surface area contributed by atoms with Gasteiger partial charge < -0.3 is 10.2 Å². The second-order valence-corrected chi connectivity index (χ2v) is 5.14. The lowest BCUT2D eigenvalue weighted by Crippen LogP contribution is -2.18. The lowest BCUT2D eigenvalue weighted by molar-refractivity contribution is 0.621. The SMILES string of the molecule is CCCNCc1ccc(CN(C)c2ccccc2F)nc1. The largest absolute Gasteiger partial charge is 0.366 e. The summed E-state index contributed by atoms with van der Waals surface area (Å²) >= 11 is 0. The van der Waals surface area contributed by atoms with Gasteiger partial charge in [0.1, 0.15) is 5.82 Å². The molecule has 0 saturated carbocycles. The summed E-state index contributed by atoms with van der Waals surface area (Å²) in [6.07, 6.45) is 3.01. The predicted octanol–water partition coefficient (Wildman–Crippen LogP) is 3.36. The number of pyridine rings is 1. The van der Waals surface area contributed by atoms with Gasteiger partial charge in [0.25, 0.3) is 0 Å². The Labute approximate surface area is 125 Å². The second kappa shape index (κ2) is 7.74. The molecule has 0 atom stereocenters. The van der Waals surface area contributed by atoms with Crippen LogP contribution in [-0.4, -0.2) is 18.6 Å². The molecule has 2 aromatic rings. The first-order valence-corrected chi connectivity index (χ1v) is 7.31. The van der Waals surface area contributed by atoms with Gasteiger partial charge in [-0.1, -0.05) is 25.1 Å². The van der Waals surface area contributed by atoms with Gasteiger partial charge in [-0.3, -0.25) is 4.98 Å². The summed E-state index contributed by atoms with van der Waals surface area (Å²) < 4.78 is 13.7. The van der Waals surface area contributed by atoms with E-state index in [1.54, 1.807) is 12.1 Å². The molecule has 1 aromatic carbocycles. The molecule has 2 rings (SSSR count). The maximum atomic E-state index is 13.7. The van der Waals surface area contributed by atoms with Gasteiger partial charge in [-0.25, -0.2) is 4.39 Å². The number of aromatic nitrogens is 1. The van der Waals surface area contributed by atoms with Crippen LogP contribution in [0.4, 0.5) is 10.1 Å². The summed E-state index contributed by atoms with van der Waals surface area (Å²) in [5, 5.41) is 3.34. The molecule has 112 valence electrons. The van der Waals surface area contributed by atoms with Gasteiger partial charge in [-0.05, 0) is 36.7 Å². The summed E-state index contributed by atoms with van der Waals surface area (Å²) in [5.41, 5.74) is 2.69. The maximum Gasteiger partial charge on any atom is 0.146 e. The van der Waals surface area contributed by atoms with Gasteiger partial charge >= 0.3 is 0 Å². The van der Waals surface area contributed by atoms with Gasteiger partial charge in [0, 0.05) is 19.8 Å². The molecule has 0 bridgehead atoms. The zero-order chi connectivity index (χ0) is 15.1. The van der Waals surface area contributed by atoms with E-state index in [-0.39, 0.29) is 5.82 Å². The van der Waals surface area contributed by atoms with Crippen LogP contribution in [0.3, 0.4) is 0 Å². The fraction of sp³-hybridized carbons (Fsp3) is 0.353. The van der Waals surface area contributed by atoms with E-state index in [9.17, 15) is 4.39 Å². The fourth-order valence-corrected chi connectivity index (χ4v) is 2.15. The topological polar surface area (TPSA) is 28.2 Å². The molecule has 1 N–H and O–H groups in total. The third-order valence-electron chi connectivity index (χ3n) is 3.30. The zero-order valence-corrected chi connectivity index (χ0v) is 12.6. The number of benzene rings is 1. The van der Waals surface area contributed by atoms with Crippen LogP contribution in [0.25, 0.3) is 0 Å². The molecule has 21 heavy (non-hydrogen) atoms. The maximum absolute atomic E-state index is 13.7. The van der Waals surface area contributed by atoms with Crippen LogP contribution in [0, 0.1) is 5.82 Å². The van der Waals surface area contributed by atoms with Gasteiger partial charge in [0.15, 0.2) is 0 Å². The lowest BCUT2D eigenvalue weighted by Gasteiger charge is -2.19. The quantitative estimate of drug-likeness (QED) is 0.792. The molecule has 0 aliphatic rings. The normalized spacial score (nSPS) is 10.6. The van der Waals surface area contributed by atoms with Crippen molar-refractivity contribution in [2.45, 2.75) is 26.4 Å². The van der Waals surface area contributed by atoms with Crippen LogP contribution in [-0.2, 0) is 13.1 Å². The summed E-state index contributed by atoms with van der Waals surface area (Å²) in [5.74, 6) is -0.208. The Morgan fingerprint density at radius 3 is 2.67 bits per heavy atom. The number of hydrogen-bond acceptors (Lipinski definition) is 3. The van der Waals surface area contributed by atoms with Gasteiger partial charge in [-0.15, -0.1) is 0 Å². The van der Waals surface area contributed by atoms with Crippen LogP contribution in [0.5, 0.6) is 0 Å². The standard InChI is InChI=1S/C17H22FN3/c1-3-10-19-11-14-8-9-15(20-12-14)13-21(2)17-7-5-4-6-16(17)18/h4-9,12,19H,3,10-11,13H2,1-2H3. The molecule has 0 spiro atoms. The third kappa shape index (κ3) is 4.53. The molecule has 0 fully saturated rings. The van der Waals surface area contributed by atoms with Crippen LogP contribution in [0.15, 0.2) is 42.6 Å². The van der Waals surface area contributed by atoms with Crippen molar-refractivity contribution in [1.29, 1.82) is 0 Å². The van der Waals surface area contributed by atoms with E-state index in [0.29, 0.717) is 12.2 Å². The summed E-state index contributed by atoms with van der Waals surface area (Å²) in [6, 6.07) is 10.9. The average Bonchev–Trinajstić information content (AvgIpc) is 2.49. The number of anilines is 1. The Balaban J connectivity index is 1.95. The van der Waals surface area contributed by atoms with Crippen molar-refractivity contribution < 1.29 is 4.39 Å². The number of nitrogens with zero attached hydrogens (tertiary/aromatic N) is 2. The molecule has 0 radical (unpaired) electrons. The predicted molar refractivity (Wildman–Crippen MR) is 84.7 cm³/mol. The van der Waals surface area contributed by atoms with Crippen molar-refractivity contribution in [2.24, 2.45) is 0 Å². The molecule has 0 saturated heterocycles. The van der Waals surface area contributed by atoms with E-state index in [1.807, 2.05) is 30.3 Å². The first-order valence-electron chi connectivity index (χ1n) is 7.31. The van der Waals surface area contributed by atoms with Crippen molar-refractivity contribution in [3.8, 4) is 0 Å². The number of nitrogens with one attached hydrogen (secondary N) is 1. The first kappa shape index (κ1) is 15.4. The lowest BCUT2D eigenvalue weighted by atomic mass is 10.2. The first-order chi connectivity index (χ1) is 10.2. The molecular weight excluding hydrogens is 265 g/mol. The highest BCUT2D eigenvalue weighted by Gasteiger charge is 2.07. The molecule has 1 heterocycles. The highest BCUT2D eigenvalue weighted by Crippen LogP contribution is 2.18. The van der Waals surface area contributed by atoms with Crippen LogP contribution in [0.1, 0.15) is 24.6 Å². The van der Waals surface area contributed by atoms with Gasteiger partial charge in [-0.2, -0.15) is 0 Å². The minimum absolute atomic E-state index is 0.208. The van der Waals surface area contributed by atoms with E-state index >= 15 is 0 Å². The number of hydrogen-bond donors (Lipinski definition) is 1. The Morgan fingerprint density at radius 1 is 1.19 bits per heavy atom. The molecule has 4 heteroatoms. The minimum Gasteiger partial charge on any atom is -0.366 e. The van der Waals surface area contributed by atoms with Crippen LogP contribution >= 0.6 is 0 Å². The summed E-state index contributed by atoms with van der Waals surface area (Å²) in [7, 11) is 1.87. The molecular formula is C17H22FN3. The smallest absolute Gasteiger partial charge is 0.146 e. The fourth-order valence-electron chi connectivity index (χ4n) is 2.15. The van der Waals surface area contributed by atoms with Crippen LogP contribution in [0.2, 0.25) is 0 Å². The average molecular weight is 287 g/mol. The van der Waals surface area contributed by atoms with E-state index in [4.69, 9.17) is 0 Å². The van der Waals surface area contributed by atoms with Crippen molar-refractivity contribution in [3.05, 3.63) is 59.7 Å². The highest BCUT2D eigenvalue weighted by atomic mass is 19.1. The monoisotopic (exact) mass is 287 g/mol. The summed E-state index contributed by atoms with van der Waals surface area (Å²) in [4.78, 5) is 6.32. The second-order valence-electron chi connectivity index (χ2n) is 5.14. The molecule has 3 nitrogen and oxygen atoms in total. The third-order valence-corrected chi connectivity index (χ3v) is 3.30. The van der Waals surface area contributed by atoms with E-state index < -0.39 is 0 Å². The Bertz CT molecular complexity index is 554. The molecule has 1 aromatic heterocycles. The molecule has 0 aliphatic heterocycles. The number of halogens is 1. The molecule has 0 unspecified atom stereocenters. The Hall–Kier alpha value is -1.94. The Morgan fingerprint density at radius 2 is 2.00 bits per heavy atom. The molecule has 0 amide bonds.